The van der Waals surface area contributed by atoms with Crippen molar-refractivity contribution in [2.75, 3.05) is 14.2 Å². The average Bonchev–Trinajstić information content (AvgIpc) is 2.27. The van der Waals surface area contributed by atoms with Gasteiger partial charge in [-0.1, -0.05) is 0 Å². The van der Waals surface area contributed by atoms with Crippen LogP contribution in [-0.4, -0.2) is 19.3 Å². The molecule has 0 heterocycles. The van der Waals surface area contributed by atoms with Crippen LogP contribution in [0.25, 0.3) is 0 Å². The Bertz CT molecular complexity index is 335. The van der Waals surface area contributed by atoms with Crippen molar-refractivity contribution in [1.82, 2.24) is 0 Å². The molecule has 0 bridgehead atoms. The van der Waals surface area contributed by atoms with Crippen LogP contribution in [0.5, 0.6) is 11.5 Å². The highest BCUT2D eigenvalue weighted by atomic mass is 16.5. The van der Waals surface area contributed by atoms with Crippen molar-refractivity contribution in [2.24, 2.45) is 0 Å². The SMILES string of the molecule is COc1cc(OC)cc([C@@H](O)C#N)c1. The third-order valence-corrected chi connectivity index (χ3v) is 1.81. The van der Waals surface area contributed by atoms with Gasteiger partial charge in [-0.2, -0.15) is 5.26 Å². The maximum absolute atomic E-state index is 9.30. The fraction of sp³-hybridized carbons (Fsp3) is 0.300. The first-order valence-electron chi connectivity index (χ1n) is 4.02. The van der Waals surface area contributed by atoms with Gasteiger partial charge in [-0.3, -0.25) is 0 Å². The van der Waals surface area contributed by atoms with Crippen LogP contribution in [0.15, 0.2) is 18.2 Å². The number of ether oxygens (including phenoxy) is 2. The minimum atomic E-state index is -1.15. The number of nitrogens with zero attached hydrogens (tertiary/aromatic N) is 1. The van der Waals surface area contributed by atoms with Crippen LogP contribution in [-0.2, 0) is 0 Å². The maximum Gasteiger partial charge on any atom is 0.166 e. The van der Waals surface area contributed by atoms with E-state index in [1.165, 1.54) is 14.2 Å². The molecule has 4 heteroatoms. The number of aliphatic hydroxyl groups excluding tert-OH is 1. The Morgan fingerprint density at radius 3 is 2.07 bits per heavy atom. The van der Waals surface area contributed by atoms with Crippen LogP contribution in [0, 0.1) is 11.3 Å². The number of rotatable bonds is 3. The molecule has 0 fully saturated rings. The number of hydrogen-bond donors (Lipinski definition) is 1. The van der Waals surface area contributed by atoms with Gasteiger partial charge < -0.3 is 14.6 Å². The molecular formula is C10H11NO3. The second kappa shape index (κ2) is 4.49. The van der Waals surface area contributed by atoms with Crippen LogP contribution in [0.1, 0.15) is 11.7 Å². The summed E-state index contributed by atoms with van der Waals surface area (Å²) in [6.45, 7) is 0. The molecule has 0 aliphatic heterocycles. The average molecular weight is 193 g/mol. The van der Waals surface area contributed by atoms with Crippen molar-refractivity contribution in [2.45, 2.75) is 6.10 Å². The van der Waals surface area contributed by atoms with E-state index in [2.05, 4.69) is 0 Å². The van der Waals surface area contributed by atoms with Crippen LogP contribution in [0.3, 0.4) is 0 Å². The normalized spacial score (nSPS) is 11.6. The van der Waals surface area contributed by atoms with Gasteiger partial charge in [-0.05, 0) is 12.1 Å². The Labute approximate surface area is 82.3 Å². The van der Waals surface area contributed by atoms with Crippen molar-refractivity contribution in [3.63, 3.8) is 0 Å². The number of hydrogen-bond acceptors (Lipinski definition) is 4. The third-order valence-electron chi connectivity index (χ3n) is 1.81. The largest absolute Gasteiger partial charge is 0.497 e. The molecule has 0 saturated heterocycles. The molecule has 0 spiro atoms. The van der Waals surface area contributed by atoms with Crippen molar-refractivity contribution >= 4 is 0 Å². The van der Waals surface area contributed by atoms with E-state index in [1.54, 1.807) is 24.3 Å². The minimum Gasteiger partial charge on any atom is -0.497 e. The first kappa shape index (κ1) is 10.4. The highest BCUT2D eigenvalue weighted by Gasteiger charge is 2.09. The number of nitriles is 1. The lowest BCUT2D eigenvalue weighted by Crippen LogP contribution is -1.96. The Balaban J connectivity index is 3.12. The van der Waals surface area contributed by atoms with E-state index in [-0.39, 0.29) is 0 Å². The van der Waals surface area contributed by atoms with E-state index < -0.39 is 6.10 Å². The Morgan fingerprint density at radius 2 is 1.71 bits per heavy atom. The summed E-state index contributed by atoms with van der Waals surface area (Å²) in [5.41, 5.74) is 0.462. The Kier molecular flexibility index (Phi) is 3.32. The van der Waals surface area contributed by atoms with Gasteiger partial charge in [0.15, 0.2) is 6.10 Å². The fourth-order valence-electron chi connectivity index (χ4n) is 1.06. The first-order valence-corrected chi connectivity index (χ1v) is 4.02. The third kappa shape index (κ3) is 2.15. The van der Waals surface area contributed by atoms with Crippen molar-refractivity contribution < 1.29 is 14.6 Å². The van der Waals surface area contributed by atoms with E-state index in [4.69, 9.17) is 14.7 Å². The van der Waals surface area contributed by atoms with Crippen LogP contribution in [0.4, 0.5) is 0 Å². The molecule has 1 aromatic rings. The molecule has 0 radical (unpaired) electrons. The first-order chi connectivity index (χ1) is 6.71. The van der Waals surface area contributed by atoms with Gasteiger partial charge >= 0.3 is 0 Å². The Morgan fingerprint density at radius 1 is 1.21 bits per heavy atom. The Hall–Kier alpha value is -1.73. The highest BCUT2D eigenvalue weighted by Crippen LogP contribution is 2.25. The van der Waals surface area contributed by atoms with E-state index in [0.29, 0.717) is 17.1 Å². The summed E-state index contributed by atoms with van der Waals surface area (Å²) in [6.07, 6.45) is -1.15. The predicted molar refractivity (Wildman–Crippen MR) is 50.1 cm³/mol. The van der Waals surface area contributed by atoms with E-state index in [0.717, 1.165) is 0 Å². The van der Waals surface area contributed by atoms with E-state index in [9.17, 15) is 5.11 Å². The number of methoxy groups -OCH3 is 2. The zero-order valence-electron chi connectivity index (χ0n) is 8.02. The lowest BCUT2D eigenvalue weighted by atomic mass is 10.1. The van der Waals surface area contributed by atoms with Crippen LogP contribution in [0.2, 0.25) is 0 Å². The standard InChI is InChI=1S/C10H11NO3/c1-13-8-3-7(10(12)6-11)4-9(5-8)14-2/h3-5,10,12H,1-2H3/t10-/m0/s1. The molecule has 0 saturated carbocycles. The second-order valence-corrected chi connectivity index (χ2v) is 2.68. The van der Waals surface area contributed by atoms with Gasteiger partial charge in [-0.25, -0.2) is 0 Å². The van der Waals surface area contributed by atoms with Gasteiger partial charge in [-0.15, -0.1) is 0 Å². The monoisotopic (exact) mass is 193 g/mol. The summed E-state index contributed by atoms with van der Waals surface area (Å²) in [5, 5.41) is 17.8. The van der Waals surface area contributed by atoms with Gasteiger partial charge in [0.05, 0.1) is 20.3 Å². The van der Waals surface area contributed by atoms with Crippen molar-refractivity contribution in [3.05, 3.63) is 23.8 Å². The van der Waals surface area contributed by atoms with Crippen molar-refractivity contribution in [3.8, 4) is 17.6 Å². The van der Waals surface area contributed by atoms with Gasteiger partial charge in [0, 0.05) is 11.6 Å². The zero-order chi connectivity index (χ0) is 10.6. The molecule has 0 amide bonds. The van der Waals surface area contributed by atoms with E-state index >= 15 is 0 Å². The molecule has 1 atom stereocenters. The summed E-state index contributed by atoms with van der Waals surface area (Å²) in [5.74, 6) is 1.10. The predicted octanol–water partition coefficient (Wildman–Crippen LogP) is 1.26. The summed E-state index contributed by atoms with van der Waals surface area (Å²) < 4.78 is 9.98. The summed E-state index contributed by atoms with van der Waals surface area (Å²) in [7, 11) is 3.02. The molecule has 1 rings (SSSR count). The number of benzene rings is 1. The lowest BCUT2D eigenvalue weighted by Gasteiger charge is -2.08. The molecule has 0 aliphatic rings. The molecule has 1 N–H and O–H groups in total. The lowest BCUT2D eigenvalue weighted by molar-refractivity contribution is 0.234. The van der Waals surface area contributed by atoms with Gasteiger partial charge in [0.25, 0.3) is 0 Å². The van der Waals surface area contributed by atoms with Crippen LogP contribution >= 0.6 is 0 Å². The minimum absolute atomic E-state index is 0.462. The quantitative estimate of drug-likeness (QED) is 0.734. The molecule has 0 unspecified atom stereocenters. The van der Waals surface area contributed by atoms with Gasteiger partial charge in [0.1, 0.15) is 11.5 Å². The molecule has 0 aliphatic carbocycles. The molecular weight excluding hydrogens is 182 g/mol. The molecule has 14 heavy (non-hydrogen) atoms. The molecule has 4 nitrogen and oxygen atoms in total. The maximum atomic E-state index is 9.30. The van der Waals surface area contributed by atoms with Crippen molar-refractivity contribution in [1.29, 1.82) is 5.26 Å². The van der Waals surface area contributed by atoms with Gasteiger partial charge in [0.2, 0.25) is 0 Å². The highest BCUT2D eigenvalue weighted by molar-refractivity contribution is 5.40. The summed E-state index contributed by atoms with van der Waals surface area (Å²) in [4.78, 5) is 0. The molecule has 1 aromatic carbocycles. The summed E-state index contributed by atoms with van der Waals surface area (Å²) in [6, 6.07) is 6.59. The fourth-order valence-corrected chi connectivity index (χ4v) is 1.06. The zero-order valence-corrected chi connectivity index (χ0v) is 8.02. The smallest absolute Gasteiger partial charge is 0.166 e. The molecule has 0 aromatic heterocycles. The van der Waals surface area contributed by atoms with Crippen LogP contribution < -0.4 is 9.47 Å². The number of aliphatic hydroxyl groups is 1. The second-order valence-electron chi connectivity index (χ2n) is 2.68. The topological polar surface area (TPSA) is 62.5 Å². The van der Waals surface area contributed by atoms with E-state index in [1.807, 2.05) is 0 Å². The molecule has 74 valence electrons. The summed E-state index contributed by atoms with van der Waals surface area (Å²) >= 11 is 0.